The van der Waals surface area contributed by atoms with Crippen LogP contribution in [0.1, 0.15) is 50.0 Å². The number of ether oxygens (including phenoxy) is 2. The van der Waals surface area contributed by atoms with Crippen LogP contribution in [0.2, 0.25) is 0 Å². The predicted molar refractivity (Wildman–Crippen MR) is 120 cm³/mol. The molecule has 2 aromatic rings. The number of rotatable bonds is 9. The maximum atomic E-state index is 14.3. The first kappa shape index (κ1) is 23.2. The van der Waals surface area contributed by atoms with Crippen LogP contribution in [-0.2, 0) is 10.7 Å². The third-order valence-electron chi connectivity index (χ3n) is 4.86. The minimum Gasteiger partial charge on any atom is -0.496 e. The molecule has 2 aromatic carbocycles. The number of benzene rings is 2. The SMILES string of the molecule is COc1cccc(OC)c1C(=O)P(=O)(Cc1ccccc1)CC(C)CC(C)(C)C. The van der Waals surface area contributed by atoms with E-state index in [2.05, 4.69) is 27.7 Å². The number of carbonyl (C=O) groups is 1. The minimum atomic E-state index is -3.28. The number of methoxy groups -OCH3 is 2. The highest BCUT2D eigenvalue weighted by Gasteiger charge is 2.38. The second-order valence-electron chi connectivity index (χ2n) is 8.93. The molecule has 2 unspecified atom stereocenters. The highest BCUT2D eigenvalue weighted by atomic mass is 31.2. The quantitative estimate of drug-likeness (QED) is 0.439. The smallest absolute Gasteiger partial charge is 0.229 e. The molecule has 0 amide bonds. The summed E-state index contributed by atoms with van der Waals surface area (Å²) in [5.74, 6) is 0.936. The molecular weight excluding hydrogens is 383 g/mol. The molecular formula is C24H33O4P. The summed E-state index contributed by atoms with van der Waals surface area (Å²) < 4.78 is 25.1. The largest absolute Gasteiger partial charge is 0.496 e. The fourth-order valence-corrected chi connectivity index (χ4v) is 6.98. The third-order valence-corrected chi connectivity index (χ3v) is 7.91. The maximum Gasteiger partial charge on any atom is 0.229 e. The first-order valence-corrected chi connectivity index (χ1v) is 12.1. The lowest BCUT2D eigenvalue weighted by molar-refractivity contribution is 0.106. The average molecular weight is 416 g/mol. The molecule has 0 aromatic heterocycles. The molecule has 0 saturated carbocycles. The first-order valence-electron chi connectivity index (χ1n) is 9.97. The highest BCUT2D eigenvalue weighted by Crippen LogP contribution is 2.56. The van der Waals surface area contributed by atoms with Crippen LogP contribution in [0.15, 0.2) is 48.5 Å². The number of hydrogen-bond acceptors (Lipinski definition) is 4. The Morgan fingerprint density at radius 2 is 1.52 bits per heavy atom. The van der Waals surface area contributed by atoms with E-state index in [1.54, 1.807) is 18.2 Å². The molecule has 2 rings (SSSR count). The van der Waals surface area contributed by atoms with Crippen molar-refractivity contribution in [1.29, 1.82) is 0 Å². The van der Waals surface area contributed by atoms with Crippen molar-refractivity contribution in [2.24, 2.45) is 11.3 Å². The molecule has 0 radical (unpaired) electrons. The molecule has 4 nitrogen and oxygen atoms in total. The van der Waals surface area contributed by atoms with Crippen molar-refractivity contribution in [2.45, 2.75) is 40.3 Å². The summed E-state index contributed by atoms with van der Waals surface area (Å²) in [5.41, 5.74) is 0.916. The molecule has 0 aliphatic carbocycles. The van der Waals surface area contributed by atoms with Gasteiger partial charge in [-0.15, -0.1) is 0 Å². The van der Waals surface area contributed by atoms with E-state index in [0.29, 0.717) is 17.7 Å². The molecule has 0 N–H and O–H groups in total. The van der Waals surface area contributed by atoms with Gasteiger partial charge in [-0.3, -0.25) is 4.79 Å². The monoisotopic (exact) mass is 416 g/mol. The minimum absolute atomic E-state index is 0.0994. The second-order valence-corrected chi connectivity index (χ2v) is 11.8. The van der Waals surface area contributed by atoms with Crippen LogP contribution < -0.4 is 9.47 Å². The Bertz CT molecular complexity index is 846. The van der Waals surface area contributed by atoms with E-state index in [4.69, 9.17) is 9.47 Å². The Balaban J connectivity index is 2.50. The van der Waals surface area contributed by atoms with Crippen LogP contribution in [0.25, 0.3) is 0 Å². The van der Waals surface area contributed by atoms with Gasteiger partial charge in [0.2, 0.25) is 5.52 Å². The number of hydrogen-bond donors (Lipinski definition) is 0. The second kappa shape index (κ2) is 9.63. The molecule has 0 aliphatic heterocycles. The summed E-state index contributed by atoms with van der Waals surface area (Å²) in [7, 11) is -0.256. The predicted octanol–water partition coefficient (Wildman–Crippen LogP) is 6.48. The van der Waals surface area contributed by atoms with Crippen LogP contribution in [0.5, 0.6) is 11.5 Å². The van der Waals surface area contributed by atoms with E-state index in [-0.39, 0.29) is 28.6 Å². The Morgan fingerprint density at radius 1 is 0.966 bits per heavy atom. The molecule has 0 bridgehead atoms. The van der Waals surface area contributed by atoms with Crippen LogP contribution >= 0.6 is 7.14 Å². The maximum absolute atomic E-state index is 14.3. The van der Waals surface area contributed by atoms with Crippen molar-refractivity contribution in [3.63, 3.8) is 0 Å². The Labute approximate surface area is 175 Å². The van der Waals surface area contributed by atoms with Gasteiger partial charge in [0, 0.05) is 12.3 Å². The lowest BCUT2D eigenvalue weighted by atomic mass is 9.86. The Hall–Kier alpha value is -2.06. The van der Waals surface area contributed by atoms with Gasteiger partial charge in [0.1, 0.15) is 17.1 Å². The van der Waals surface area contributed by atoms with Crippen molar-refractivity contribution in [1.82, 2.24) is 0 Å². The zero-order valence-corrected chi connectivity index (χ0v) is 19.3. The zero-order chi connectivity index (χ0) is 21.7. The molecule has 0 spiro atoms. The van der Waals surface area contributed by atoms with Crippen LogP contribution in [0.3, 0.4) is 0 Å². The lowest BCUT2D eigenvalue weighted by Gasteiger charge is -2.27. The van der Waals surface area contributed by atoms with Gasteiger partial charge in [-0.1, -0.05) is 64.1 Å². The lowest BCUT2D eigenvalue weighted by Crippen LogP contribution is -2.18. The van der Waals surface area contributed by atoms with Gasteiger partial charge in [0.25, 0.3) is 0 Å². The van der Waals surface area contributed by atoms with Gasteiger partial charge in [0.15, 0.2) is 7.14 Å². The van der Waals surface area contributed by atoms with Crippen molar-refractivity contribution in [2.75, 3.05) is 20.4 Å². The molecule has 0 saturated heterocycles. The summed E-state index contributed by atoms with van der Waals surface area (Å²) in [4.78, 5) is 13.7. The van der Waals surface area contributed by atoms with Gasteiger partial charge in [0.05, 0.1) is 14.2 Å². The van der Waals surface area contributed by atoms with Crippen molar-refractivity contribution in [3.05, 3.63) is 59.7 Å². The molecule has 5 heteroatoms. The van der Waals surface area contributed by atoms with E-state index in [0.717, 1.165) is 12.0 Å². The molecule has 0 heterocycles. The highest BCUT2D eigenvalue weighted by molar-refractivity contribution is 7.80. The summed E-state index contributed by atoms with van der Waals surface area (Å²) in [6.45, 7) is 8.57. The van der Waals surface area contributed by atoms with Crippen LogP contribution in [-0.4, -0.2) is 25.9 Å². The van der Waals surface area contributed by atoms with Gasteiger partial charge in [-0.25, -0.2) is 0 Å². The standard InChI is InChI=1S/C24H33O4P/c1-18(15-24(2,3)4)16-29(26,17-19-11-8-7-9-12-19)23(25)22-20(27-5)13-10-14-21(22)28-6/h7-14,18H,15-17H2,1-6H3. The van der Waals surface area contributed by atoms with Gasteiger partial charge in [-0.05, 0) is 35.4 Å². The summed E-state index contributed by atoms with van der Waals surface area (Å²) in [6, 6.07) is 14.8. The molecule has 0 fully saturated rings. The normalized spacial score (nSPS) is 14.7. The van der Waals surface area contributed by atoms with Crippen LogP contribution in [0, 0.1) is 11.3 Å². The third kappa shape index (κ3) is 6.21. The zero-order valence-electron chi connectivity index (χ0n) is 18.4. The van der Waals surface area contributed by atoms with Crippen molar-refractivity contribution in [3.8, 4) is 11.5 Å². The molecule has 29 heavy (non-hydrogen) atoms. The number of carbonyl (C=O) groups excluding carboxylic acids is 1. The fraction of sp³-hybridized carbons (Fsp3) is 0.458. The molecule has 2 atom stereocenters. The summed E-state index contributed by atoms with van der Waals surface area (Å²) in [5, 5.41) is 0. The van der Waals surface area contributed by atoms with E-state index in [9.17, 15) is 9.36 Å². The van der Waals surface area contributed by atoms with E-state index >= 15 is 0 Å². The van der Waals surface area contributed by atoms with E-state index in [1.165, 1.54) is 14.2 Å². The van der Waals surface area contributed by atoms with Crippen molar-refractivity contribution >= 4 is 12.7 Å². The van der Waals surface area contributed by atoms with Crippen LogP contribution in [0.4, 0.5) is 0 Å². The fourth-order valence-electron chi connectivity index (χ4n) is 3.98. The van der Waals surface area contributed by atoms with Crippen molar-refractivity contribution < 1.29 is 18.8 Å². The summed E-state index contributed by atoms with van der Waals surface area (Å²) in [6.07, 6.45) is 1.49. The topological polar surface area (TPSA) is 52.6 Å². The van der Waals surface area contributed by atoms with E-state index < -0.39 is 7.14 Å². The van der Waals surface area contributed by atoms with Gasteiger partial charge in [-0.2, -0.15) is 0 Å². The van der Waals surface area contributed by atoms with E-state index in [1.807, 2.05) is 30.3 Å². The molecule has 0 aliphatic rings. The Morgan fingerprint density at radius 3 is 2.00 bits per heavy atom. The molecule has 158 valence electrons. The van der Waals surface area contributed by atoms with Gasteiger partial charge < -0.3 is 14.0 Å². The van der Waals surface area contributed by atoms with Gasteiger partial charge >= 0.3 is 0 Å². The first-order chi connectivity index (χ1) is 13.6. The average Bonchev–Trinajstić information content (AvgIpc) is 2.65. The summed E-state index contributed by atoms with van der Waals surface area (Å²) >= 11 is 0. The Kier molecular flexibility index (Phi) is 7.71.